The molecule has 150 valence electrons. The van der Waals surface area contributed by atoms with Crippen molar-refractivity contribution in [1.29, 1.82) is 0 Å². The van der Waals surface area contributed by atoms with Crippen molar-refractivity contribution < 1.29 is 12.4 Å². The molecule has 0 radical (unpaired) electrons. The summed E-state index contributed by atoms with van der Waals surface area (Å²) in [6, 6.07) is 16.6. The zero-order valence-corrected chi connectivity index (χ0v) is 16.3. The third-order valence-electron chi connectivity index (χ3n) is 5.00. The first kappa shape index (κ1) is 18.8. The van der Waals surface area contributed by atoms with Crippen LogP contribution in [-0.4, -0.2) is 39.8 Å². The summed E-state index contributed by atoms with van der Waals surface area (Å²) in [5, 5.41) is 2.84. The molecule has 2 amide bonds. The molecule has 6 heteroatoms. The molecule has 1 fully saturated rings. The highest BCUT2D eigenvalue weighted by Crippen LogP contribution is 2.21. The fraction of sp³-hybridized carbons (Fsp3) is 0.217. The Morgan fingerprint density at radius 3 is 2.55 bits per heavy atom. The summed E-state index contributed by atoms with van der Waals surface area (Å²) >= 11 is 0. The number of carbonyl (C=O) groups excluding carboxylic acids is 2. The lowest BCUT2D eigenvalue weighted by Crippen LogP contribution is -2.27. The Kier molecular flexibility index (Phi) is 5.33. The van der Waals surface area contributed by atoms with Gasteiger partial charge < -0.3 is 10.2 Å². The van der Waals surface area contributed by atoms with Gasteiger partial charge in [-0.3, -0.25) is 14.6 Å². The van der Waals surface area contributed by atoms with Crippen molar-refractivity contribution in [3.63, 3.8) is 0 Å². The number of aryl methyl sites for hydroxylation is 1. The smallest absolute Gasteiger partial charge is 0.276 e. The lowest BCUT2D eigenvalue weighted by Gasteiger charge is -2.15. The molecule has 1 N–H and O–H groups in total. The molecule has 0 aliphatic carbocycles. The number of aromatic nitrogens is 2. The number of nitrogens with one attached hydrogen (secondary N) is 1. The summed E-state index contributed by atoms with van der Waals surface area (Å²) in [6.07, 6.45) is 3.73. The first-order chi connectivity index (χ1) is 14.1. The molecule has 0 atom stereocenters. The molecular formula is C23H26N4O2. The Morgan fingerprint density at radius 1 is 1.03 bits per heavy atom. The van der Waals surface area contributed by atoms with Gasteiger partial charge in [0.05, 0.1) is 17.6 Å². The van der Waals surface area contributed by atoms with Crippen LogP contribution in [0.25, 0.3) is 11.3 Å². The molecule has 1 aromatic heterocycles. The third kappa shape index (κ3) is 4.16. The number of hydrogen-bond donors (Lipinski definition) is 1. The van der Waals surface area contributed by atoms with Gasteiger partial charge in [-0.15, -0.1) is 0 Å². The number of benzene rings is 2. The highest BCUT2D eigenvalue weighted by molar-refractivity contribution is 6.03. The van der Waals surface area contributed by atoms with Crippen molar-refractivity contribution in [2.24, 2.45) is 0 Å². The number of anilines is 1. The maximum Gasteiger partial charge on any atom is 0.276 e. The summed E-state index contributed by atoms with van der Waals surface area (Å²) in [7, 11) is 0. The van der Waals surface area contributed by atoms with Gasteiger partial charge in [-0.25, -0.2) is 4.98 Å². The van der Waals surface area contributed by atoms with Crippen molar-refractivity contribution in [2.75, 3.05) is 18.4 Å². The van der Waals surface area contributed by atoms with Gasteiger partial charge >= 0.3 is 0 Å². The second kappa shape index (κ2) is 8.22. The van der Waals surface area contributed by atoms with Crippen LogP contribution >= 0.6 is 0 Å². The maximum absolute atomic E-state index is 12.7. The van der Waals surface area contributed by atoms with Gasteiger partial charge in [-0.2, -0.15) is 0 Å². The van der Waals surface area contributed by atoms with E-state index < -0.39 is 0 Å². The van der Waals surface area contributed by atoms with E-state index in [1.54, 1.807) is 13.1 Å². The lowest BCUT2D eigenvalue weighted by molar-refractivity contribution is 0.0792. The van der Waals surface area contributed by atoms with E-state index in [1.807, 2.05) is 59.5 Å². The molecule has 3 aromatic rings. The van der Waals surface area contributed by atoms with Gasteiger partial charge in [0.2, 0.25) is 0 Å². The Labute approximate surface area is 172 Å². The second-order valence-electron chi connectivity index (χ2n) is 7.09. The summed E-state index contributed by atoms with van der Waals surface area (Å²) < 4.78 is 0. The fourth-order valence-corrected chi connectivity index (χ4v) is 3.43. The largest absolute Gasteiger partial charge is 0.339 e. The number of para-hydroxylation sites is 1. The summed E-state index contributed by atoms with van der Waals surface area (Å²) in [5.41, 5.74) is 3.46. The minimum Gasteiger partial charge on any atom is -0.339 e. The van der Waals surface area contributed by atoms with Crippen molar-refractivity contribution in [3.8, 4) is 11.3 Å². The lowest BCUT2D eigenvalue weighted by atomic mass is 10.1. The monoisotopic (exact) mass is 390 g/mol. The molecule has 1 aliphatic rings. The van der Waals surface area contributed by atoms with Crippen molar-refractivity contribution in [3.05, 3.63) is 77.7 Å². The summed E-state index contributed by atoms with van der Waals surface area (Å²) in [6.45, 7) is 3.36. The molecule has 0 unspecified atom stereocenters. The number of rotatable bonds is 4. The topological polar surface area (TPSA) is 75.2 Å². The molecule has 1 aliphatic heterocycles. The second-order valence-corrected chi connectivity index (χ2v) is 7.09. The Balaban J connectivity index is 0.00000171. The molecule has 2 heterocycles. The van der Waals surface area contributed by atoms with Crippen LogP contribution in [0.3, 0.4) is 0 Å². The Morgan fingerprint density at radius 2 is 1.79 bits per heavy atom. The Hall–Kier alpha value is -3.54. The van der Waals surface area contributed by atoms with E-state index in [0.29, 0.717) is 22.6 Å². The highest BCUT2D eigenvalue weighted by atomic mass is 16.2. The molecule has 0 spiro atoms. The van der Waals surface area contributed by atoms with E-state index >= 15 is 0 Å². The van der Waals surface area contributed by atoms with Crippen molar-refractivity contribution in [1.82, 2.24) is 14.9 Å². The van der Waals surface area contributed by atoms with Crippen molar-refractivity contribution in [2.45, 2.75) is 19.8 Å². The predicted octanol–water partition coefficient (Wildman–Crippen LogP) is 4.43. The normalized spacial score (nSPS) is 13.3. The minimum atomic E-state index is -0.313. The van der Waals surface area contributed by atoms with E-state index in [1.165, 1.54) is 0 Å². The average molecular weight is 390 g/mol. The van der Waals surface area contributed by atoms with Crippen molar-refractivity contribution >= 4 is 17.5 Å². The van der Waals surface area contributed by atoms with Gasteiger partial charge in [0.1, 0.15) is 5.69 Å². The summed E-state index contributed by atoms with van der Waals surface area (Å²) in [4.78, 5) is 36.1. The molecule has 0 saturated carbocycles. The molecule has 6 nitrogen and oxygen atoms in total. The molecule has 4 rings (SSSR count). The summed E-state index contributed by atoms with van der Waals surface area (Å²) in [5.74, 6) is -0.279. The van der Waals surface area contributed by atoms with Crippen LogP contribution in [0.1, 0.15) is 42.2 Å². The van der Waals surface area contributed by atoms with Crippen LogP contribution in [0.15, 0.2) is 60.8 Å². The first-order valence-electron chi connectivity index (χ1n) is 9.71. The van der Waals surface area contributed by atoms with E-state index in [4.69, 9.17) is 0 Å². The maximum atomic E-state index is 12.7. The van der Waals surface area contributed by atoms with Gasteiger partial charge in [-0.05, 0) is 44.0 Å². The number of amides is 2. The standard InChI is InChI=1S/C23H22N4O2.2H2/c1-16-21(22(28)25-19-10-3-2-4-11-19)26-20(15-24-16)17-8-7-9-18(14-17)23(29)27-12-5-6-13-27;;/h2-4,7-11,14-15H,5-6,12-13H2,1H3,(H,25,28);2*1H. The quantitative estimate of drug-likeness (QED) is 0.715. The average Bonchev–Trinajstić information content (AvgIpc) is 3.29. The van der Waals surface area contributed by atoms with E-state index in [0.717, 1.165) is 31.5 Å². The minimum absolute atomic E-state index is 0. The van der Waals surface area contributed by atoms with Gasteiger partial charge in [0.25, 0.3) is 11.8 Å². The highest BCUT2D eigenvalue weighted by Gasteiger charge is 2.20. The molecule has 29 heavy (non-hydrogen) atoms. The zero-order valence-electron chi connectivity index (χ0n) is 16.3. The number of carbonyl (C=O) groups is 2. The van der Waals surface area contributed by atoms with E-state index in [-0.39, 0.29) is 20.4 Å². The molecule has 2 aromatic carbocycles. The van der Waals surface area contributed by atoms with Crippen LogP contribution in [0.5, 0.6) is 0 Å². The number of hydrogen-bond acceptors (Lipinski definition) is 4. The predicted molar refractivity (Wildman–Crippen MR) is 116 cm³/mol. The SMILES string of the molecule is Cc1ncc(-c2cccc(C(=O)N3CCCC3)c2)nc1C(=O)Nc1ccccc1.[HH].[HH]. The number of nitrogens with zero attached hydrogens (tertiary/aromatic N) is 3. The van der Waals surface area contributed by atoms with Gasteiger partial charge in [0.15, 0.2) is 0 Å². The molecule has 1 saturated heterocycles. The zero-order chi connectivity index (χ0) is 20.2. The van der Waals surface area contributed by atoms with Crippen LogP contribution in [-0.2, 0) is 0 Å². The van der Waals surface area contributed by atoms with E-state index in [9.17, 15) is 9.59 Å². The van der Waals surface area contributed by atoms with E-state index in [2.05, 4.69) is 15.3 Å². The fourth-order valence-electron chi connectivity index (χ4n) is 3.43. The molecule has 0 bridgehead atoms. The van der Waals surface area contributed by atoms with Gasteiger partial charge in [-0.1, -0.05) is 30.3 Å². The molecular weight excluding hydrogens is 364 g/mol. The van der Waals surface area contributed by atoms with Crippen LogP contribution in [0, 0.1) is 6.92 Å². The number of likely N-dealkylation sites (tertiary alicyclic amines) is 1. The van der Waals surface area contributed by atoms with Crippen LogP contribution in [0.2, 0.25) is 0 Å². The first-order valence-corrected chi connectivity index (χ1v) is 9.71. The van der Waals surface area contributed by atoms with Gasteiger partial charge in [0, 0.05) is 32.8 Å². The Bertz CT molecular complexity index is 1050. The van der Waals surface area contributed by atoms with Crippen LogP contribution < -0.4 is 5.32 Å². The third-order valence-corrected chi connectivity index (χ3v) is 5.00. The van der Waals surface area contributed by atoms with Crippen LogP contribution in [0.4, 0.5) is 5.69 Å².